The van der Waals surface area contributed by atoms with E-state index in [-0.39, 0.29) is 24.1 Å². The third-order valence-corrected chi connectivity index (χ3v) is 4.93. The Balaban J connectivity index is 1.42. The van der Waals surface area contributed by atoms with Crippen LogP contribution in [0.2, 0.25) is 0 Å². The number of rotatable bonds is 4. The minimum absolute atomic E-state index is 0.0401. The summed E-state index contributed by atoms with van der Waals surface area (Å²) in [4.78, 5) is 28.5. The van der Waals surface area contributed by atoms with Gasteiger partial charge in [-0.05, 0) is 30.2 Å². The van der Waals surface area contributed by atoms with Crippen LogP contribution >= 0.6 is 0 Å². The van der Waals surface area contributed by atoms with Crippen molar-refractivity contribution < 1.29 is 9.59 Å². The molecule has 0 bridgehead atoms. The summed E-state index contributed by atoms with van der Waals surface area (Å²) in [6.45, 7) is 3.55. The first-order chi connectivity index (χ1) is 13.6. The summed E-state index contributed by atoms with van der Waals surface area (Å²) in [7, 11) is 0. The minimum Gasteiger partial charge on any atom is -0.326 e. The average Bonchev–Trinajstić information content (AvgIpc) is 3.18. The number of piperazine rings is 1. The van der Waals surface area contributed by atoms with Gasteiger partial charge >= 0.3 is 0 Å². The van der Waals surface area contributed by atoms with Gasteiger partial charge in [-0.1, -0.05) is 47.7 Å². The molecule has 0 unspecified atom stereocenters. The predicted octanol–water partition coefficient (Wildman–Crippen LogP) is 2.12. The van der Waals surface area contributed by atoms with Crippen LogP contribution < -0.4 is 4.90 Å². The summed E-state index contributed by atoms with van der Waals surface area (Å²) in [5.74, 6) is -0.366. The number of anilines is 1. The number of aryl methyl sites for hydroxylation is 1. The van der Waals surface area contributed by atoms with Gasteiger partial charge in [0.1, 0.15) is 6.54 Å². The van der Waals surface area contributed by atoms with Gasteiger partial charge in [0, 0.05) is 18.8 Å². The molecule has 142 valence electrons. The summed E-state index contributed by atoms with van der Waals surface area (Å²) in [5.41, 5.74) is 3.39. The highest BCUT2D eigenvalue weighted by molar-refractivity contribution is 6.00. The van der Waals surface area contributed by atoms with Gasteiger partial charge < -0.3 is 9.80 Å². The summed E-state index contributed by atoms with van der Waals surface area (Å²) in [5, 5.41) is 8.09. The van der Waals surface area contributed by atoms with Crippen LogP contribution in [-0.4, -0.2) is 51.3 Å². The van der Waals surface area contributed by atoms with Gasteiger partial charge in [-0.3, -0.25) is 9.59 Å². The van der Waals surface area contributed by atoms with Crippen molar-refractivity contribution in [1.29, 1.82) is 0 Å². The quantitative estimate of drug-likeness (QED) is 0.700. The first-order valence-corrected chi connectivity index (χ1v) is 9.21. The zero-order chi connectivity index (χ0) is 19.5. The molecule has 2 heterocycles. The molecule has 1 fully saturated rings. The monoisotopic (exact) mass is 375 g/mol. The Labute approximate surface area is 163 Å². The number of para-hydroxylation sites is 1. The molecule has 0 aliphatic carbocycles. The fourth-order valence-electron chi connectivity index (χ4n) is 3.33. The number of amides is 2. The second-order valence-electron chi connectivity index (χ2n) is 6.84. The molecule has 2 amide bonds. The number of hydrogen-bond acceptors (Lipinski definition) is 4. The molecule has 0 N–H and O–H groups in total. The van der Waals surface area contributed by atoms with Crippen molar-refractivity contribution in [3.05, 3.63) is 77.6 Å². The highest BCUT2D eigenvalue weighted by atomic mass is 16.2. The zero-order valence-electron chi connectivity index (χ0n) is 15.7. The Kier molecular flexibility index (Phi) is 4.89. The molecule has 1 aliphatic rings. The maximum Gasteiger partial charge on any atom is 0.276 e. The third kappa shape index (κ3) is 3.64. The summed E-state index contributed by atoms with van der Waals surface area (Å²) < 4.78 is 1.65. The minimum atomic E-state index is -0.267. The third-order valence-electron chi connectivity index (χ3n) is 4.93. The first kappa shape index (κ1) is 17.9. The highest BCUT2D eigenvalue weighted by Gasteiger charge is 2.29. The molecule has 4 rings (SSSR count). The topological polar surface area (TPSA) is 71.3 Å². The molecule has 2 aromatic carbocycles. The standard InChI is InChI=1S/C21H21N5O2/c1-16-7-5-6-8-17(16)13-25-14-19(22-23-25)21(28)24-11-12-26(20(27)15-24)18-9-3-2-4-10-18/h2-10,14H,11-13,15H2,1H3. The number of aromatic nitrogens is 3. The lowest BCUT2D eigenvalue weighted by Gasteiger charge is -2.33. The summed E-state index contributed by atoms with van der Waals surface area (Å²) >= 11 is 0. The molecular weight excluding hydrogens is 354 g/mol. The molecule has 28 heavy (non-hydrogen) atoms. The lowest BCUT2D eigenvalue weighted by molar-refractivity contribution is -0.120. The van der Waals surface area contributed by atoms with E-state index in [1.54, 1.807) is 15.8 Å². The lowest BCUT2D eigenvalue weighted by Crippen LogP contribution is -2.52. The Hall–Kier alpha value is -3.48. The van der Waals surface area contributed by atoms with Crippen molar-refractivity contribution >= 4 is 17.5 Å². The van der Waals surface area contributed by atoms with E-state index in [0.29, 0.717) is 19.6 Å². The van der Waals surface area contributed by atoms with Crippen molar-refractivity contribution in [3.8, 4) is 0 Å². The van der Waals surface area contributed by atoms with Gasteiger partial charge in [-0.2, -0.15) is 0 Å². The van der Waals surface area contributed by atoms with E-state index in [9.17, 15) is 9.59 Å². The predicted molar refractivity (Wildman–Crippen MR) is 105 cm³/mol. The van der Waals surface area contributed by atoms with Gasteiger partial charge in [-0.15, -0.1) is 5.10 Å². The van der Waals surface area contributed by atoms with Gasteiger partial charge in [0.15, 0.2) is 5.69 Å². The van der Waals surface area contributed by atoms with E-state index in [1.807, 2.05) is 61.5 Å². The van der Waals surface area contributed by atoms with E-state index in [1.165, 1.54) is 4.90 Å². The molecule has 7 nitrogen and oxygen atoms in total. The average molecular weight is 375 g/mol. The molecular formula is C21H21N5O2. The van der Waals surface area contributed by atoms with E-state index in [2.05, 4.69) is 10.3 Å². The molecule has 0 spiro atoms. The van der Waals surface area contributed by atoms with Crippen LogP contribution in [0, 0.1) is 6.92 Å². The van der Waals surface area contributed by atoms with Gasteiger partial charge in [0.2, 0.25) is 5.91 Å². The SMILES string of the molecule is Cc1ccccc1Cn1cc(C(=O)N2CCN(c3ccccc3)C(=O)C2)nn1. The zero-order valence-corrected chi connectivity index (χ0v) is 15.7. The maximum absolute atomic E-state index is 12.8. The lowest BCUT2D eigenvalue weighted by atomic mass is 10.1. The molecule has 0 saturated carbocycles. The van der Waals surface area contributed by atoms with Crippen molar-refractivity contribution in [2.75, 3.05) is 24.5 Å². The van der Waals surface area contributed by atoms with Gasteiger partial charge in [-0.25, -0.2) is 4.68 Å². The Morgan fingerprint density at radius 2 is 1.79 bits per heavy atom. The molecule has 7 heteroatoms. The second-order valence-corrected chi connectivity index (χ2v) is 6.84. The number of nitrogens with zero attached hydrogens (tertiary/aromatic N) is 5. The van der Waals surface area contributed by atoms with E-state index >= 15 is 0 Å². The normalized spacial score (nSPS) is 14.4. The fraction of sp³-hybridized carbons (Fsp3) is 0.238. The van der Waals surface area contributed by atoms with Crippen molar-refractivity contribution in [3.63, 3.8) is 0 Å². The van der Waals surface area contributed by atoms with Crippen LogP contribution in [0.5, 0.6) is 0 Å². The largest absolute Gasteiger partial charge is 0.326 e. The van der Waals surface area contributed by atoms with Crippen LogP contribution in [0.15, 0.2) is 60.8 Å². The van der Waals surface area contributed by atoms with Crippen LogP contribution in [0.3, 0.4) is 0 Å². The smallest absolute Gasteiger partial charge is 0.276 e. The van der Waals surface area contributed by atoms with Crippen LogP contribution in [-0.2, 0) is 11.3 Å². The molecule has 1 aromatic heterocycles. The second kappa shape index (κ2) is 7.64. The van der Waals surface area contributed by atoms with E-state index in [4.69, 9.17) is 0 Å². The number of carbonyl (C=O) groups is 2. The van der Waals surface area contributed by atoms with Crippen molar-refractivity contribution in [2.45, 2.75) is 13.5 Å². The Morgan fingerprint density at radius 3 is 2.54 bits per heavy atom. The highest BCUT2D eigenvalue weighted by Crippen LogP contribution is 2.17. The summed E-state index contributed by atoms with van der Waals surface area (Å²) in [6, 6.07) is 17.5. The molecule has 3 aromatic rings. The van der Waals surface area contributed by atoms with Crippen LogP contribution in [0.25, 0.3) is 0 Å². The van der Waals surface area contributed by atoms with Crippen LogP contribution in [0.1, 0.15) is 21.6 Å². The molecule has 1 saturated heterocycles. The fourth-order valence-corrected chi connectivity index (χ4v) is 3.33. The van der Waals surface area contributed by atoms with Crippen LogP contribution in [0.4, 0.5) is 5.69 Å². The maximum atomic E-state index is 12.8. The van der Waals surface area contributed by atoms with Gasteiger partial charge in [0.05, 0.1) is 12.7 Å². The molecule has 0 radical (unpaired) electrons. The van der Waals surface area contributed by atoms with E-state index < -0.39 is 0 Å². The van der Waals surface area contributed by atoms with Gasteiger partial charge in [0.25, 0.3) is 5.91 Å². The Morgan fingerprint density at radius 1 is 1.04 bits per heavy atom. The number of carbonyl (C=O) groups excluding carboxylic acids is 2. The Bertz CT molecular complexity index is 999. The molecule has 0 atom stereocenters. The van der Waals surface area contributed by atoms with E-state index in [0.717, 1.165) is 16.8 Å². The molecule has 1 aliphatic heterocycles. The summed E-state index contributed by atoms with van der Waals surface area (Å²) in [6.07, 6.45) is 1.64. The van der Waals surface area contributed by atoms with Crippen molar-refractivity contribution in [1.82, 2.24) is 19.9 Å². The first-order valence-electron chi connectivity index (χ1n) is 9.21. The number of hydrogen-bond donors (Lipinski definition) is 0. The van der Waals surface area contributed by atoms with Crippen molar-refractivity contribution in [2.24, 2.45) is 0 Å². The number of benzene rings is 2.